The maximum Gasteiger partial charge on any atom is 0.291 e. The van der Waals surface area contributed by atoms with Crippen LogP contribution in [0.25, 0.3) is 10.8 Å². The predicted octanol–water partition coefficient (Wildman–Crippen LogP) is 4.86. The van der Waals surface area contributed by atoms with Crippen molar-refractivity contribution < 1.29 is 14.0 Å². The van der Waals surface area contributed by atoms with E-state index >= 15 is 0 Å². The Morgan fingerprint density at radius 1 is 1.00 bits per heavy atom. The second-order valence-corrected chi connectivity index (χ2v) is 7.93. The number of hydrogen-bond acceptors (Lipinski definition) is 5. The summed E-state index contributed by atoms with van der Waals surface area (Å²) in [5, 5.41) is 9.11. The van der Waals surface area contributed by atoms with E-state index in [2.05, 4.69) is 20.8 Å². The average molecular weight is 438 g/mol. The Labute approximate surface area is 190 Å². The molecule has 2 aromatic carbocycles. The number of furan rings is 1. The molecule has 2 amide bonds. The fraction of sp³-hybridized carbons (Fsp3) is 0.154. The van der Waals surface area contributed by atoms with Gasteiger partial charge in [-0.25, -0.2) is 5.43 Å². The Balaban J connectivity index is 1.41. The minimum absolute atomic E-state index is 0.249. The molecule has 0 saturated heterocycles. The zero-order chi connectivity index (χ0) is 22.8. The molecule has 33 heavy (non-hydrogen) atoms. The van der Waals surface area contributed by atoms with Crippen molar-refractivity contribution in [2.75, 3.05) is 5.32 Å². The topological polar surface area (TPSA) is 96.6 Å². The van der Waals surface area contributed by atoms with Gasteiger partial charge in [-0.1, -0.05) is 36.4 Å². The number of hydrazone groups is 1. The standard InChI is InChI=1S/C26H22N4O3/c1-16-23-21(29-30-25(31)20-11-4-8-17-7-2-3-10-19(17)20)12-5-13-22(23)33-24(16)26(32)28-18-9-6-14-27-15-18/h2-4,6-11,14-15H,5,12-13H2,1H3,(H,28,32)(H,30,31)/b29-21+. The number of aryl methyl sites for hydroxylation is 1. The van der Waals surface area contributed by atoms with E-state index in [1.807, 2.05) is 43.3 Å². The third kappa shape index (κ3) is 4.01. The molecule has 0 unspecified atom stereocenters. The molecule has 7 heteroatoms. The summed E-state index contributed by atoms with van der Waals surface area (Å²) in [6, 6.07) is 16.9. The molecule has 1 aliphatic carbocycles. The quantitative estimate of drug-likeness (QED) is 0.445. The van der Waals surface area contributed by atoms with Gasteiger partial charge >= 0.3 is 0 Å². The fourth-order valence-corrected chi connectivity index (χ4v) is 4.22. The highest BCUT2D eigenvalue weighted by atomic mass is 16.4. The van der Waals surface area contributed by atoms with Crippen LogP contribution in [0.2, 0.25) is 0 Å². The fourth-order valence-electron chi connectivity index (χ4n) is 4.22. The minimum atomic E-state index is -0.339. The second kappa shape index (κ2) is 8.70. The Morgan fingerprint density at radius 3 is 2.70 bits per heavy atom. The van der Waals surface area contributed by atoms with E-state index in [0.29, 0.717) is 41.1 Å². The van der Waals surface area contributed by atoms with Gasteiger partial charge in [0.15, 0.2) is 5.76 Å². The van der Waals surface area contributed by atoms with Gasteiger partial charge < -0.3 is 9.73 Å². The SMILES string of the molecule is Cc1c(C(=O)Nc2cccnc2)oc2c1/C(=N/NC(=O)c1cccc3ccccc13)CCC2. The summed E-state index contributed by atoms with van der Waals surface area (Å²) in [4.78, 5) is 29.7. The number of fused-ring (bicyclic) bond motifs is 2. The van der Waals surface area contributed by atoms with E-state index in [-0.39, 0.29) is 17.6 Å². The van der Waals surface area contributed by atoms with Gasteiger partial charge in [-0.3, -0.25) is 14.6 Å². The van der Waals surface area contributed by atoms with Crippen molar-refractivity contribution in [3.05, 3.63) is 95.2 Å². The maximum atomic E-state index is 12.9. The number of nitrogens with one attached hydrogen (secondary N) is 2. The molecule has 0 radical (unpaired) electrons. The van der Waals surface area contributed by atoms with E-state index in [1.165, 1.54) is 0 Å². The Bertz CT molecular complexity index is 1380. The first-order chi connectivity index (χ1) is 16.1. The molecule has 0 aliphatic heterocycles. The molecular weight excluding hydrogens is 416 g/mol. The highest BCUT2D eigenvalue weighted by molar-refractivity contribution is 6.10. The van der Waals surface area contributed by atoms with Crippen LogP contribution < -0.4 is 10.7 Å². The number of rotatable bonds is 4. The summed E-state index contributed by atoms with van der Waals surface area (Å²) in [5.41, 5.74) is 6.09. The third-order valence-electron chi connectivity index (χ3n) is 5.78. The van der Waals surface area contributed by atoms with Crippen molar-refractivity contribution in [2.45, 2.75) is 26.2 Å². The summed E-state index contributed by atoms with van der Waals surface area (Å²) in [6.45, 7) is 1.84. The molecule has 5 rings (SSSR count). The highest BCUT2D eigenvalue weighted by Crippen LogP contribution is 2.30. The molecule has 0 atom stereocenters. The van der Waals surface area contributed by atoms with Crippen LogP contribution >= 0.6 is 0 Å². The summed E-state index contributed by atoms with van der Waals surface area (Å²) in [5.74, 6) is 0.350. The number of pyridine rings is 1. The van der Waals surface area contributed by atoms with Crippen LogP contribution in [-0.4, -0.2) is 22.5 Å². The molecule has 0 bridgehead atoms. The lowest BCUT2D eigenvalue weighted by Crippen LogP contribution is -2.22. The van der Waals surface area contributed by atoms with E-state index in [0.717, 1.165) is 22.8 Å². The van der Waals surface area contributed by atoms with Crippen LogP contribution in [0.4, 0.5) is 5.69 Å². The summed E-state index contributed by atoms with van der Waals surface area (Å²) in [6.07, 6.45) is 5.44. The summed E-state index contributed by atoms with van der Waals surface area (Å²) >= 11 is 0. The number of carbonyl (C=O) groups excluding carboxylic acids is 2. The monoisotopic (exact) mass is 438 g/mol. The first-order valence-corrected chi connectivity index (χ1v) is 10.8. The summed E-state index contributed by atoms with van der Waals surface area (Å²) < 4.78 is 5.92. The predicted molar refractivity (Wildman–Crippen MR) is 127 cm³/mol. The smallest absolute Gasteiger partial charge is 0.291 e. The molecule has 2 N–H and O–H groups in total. The largest absolute Gasteiger partial charge is 0.455 e. The van der Waals surface area contributed by atoms with Gasteiger partial charge in [0.05, 0.1) is 17.6 Å². The van der Waals surface area contributed by atoms with E-state index in [4.69, 9.17) is 4.42 Å². The van der Waals surface area contributed by atoms with Crippen LogP contribution in [0, 0.1) is 6.92 Å². The number of carbonyl (C=O) groups is 2. The average Bonchev–Trinajstić information content (AvgIpc) is 3.20. The zero-order valence-electron chi connectivity index (χ0n) is 18.1. The lowest BCUT2D eigenvalue weighted by molar-refractivity contribution is 0.0955. The summed E-state index contributed by atoms with van der Waals surface area (Å²) in [7, 11) is 0. The minimum Gasteiger partial charge on any atom is -0.455 e. The molecule has 7 nitrogen and oxygen atoms in total. The molecule has 1 aliphatic rings. The lowest BCUT2D eigenvalue weighted by Gasteiger charge is -2.13. The van der Waals surface area contributed by atoms with Gasteiger partial charge in [-0.2, -0.15) is 5.10 Å². The first kappa shape index (κ1) is 20.6. The van der Waals surface area contributed by atoms with Crippen molar-refractivity contribution in [2.24, 2.45) is 5.10 Å². The molecule has 0 saturated carbocycles. The van der Waals surface area contributed by atoms with Crippen LogP contribution in [0.15, 0.2) is 76.5 Å². The Kier molecular flexibility index (Phi) is 5.44. The zero-order valence-corrected chi connectivity index (χ0v) is 18.1. The molecule has 164 valence electrons. The van der Waals surface area contributed by atoms with Gasteiger partial charge in [-0.05, 0) is 48.7 Å². The van der Waals surface area contributed by atoms with Crippen LogP contribution in [0.3, 0.4) is 0 Å². The normalized spacial score (nSPS) is 14.2. The third-order valence-corrected chi connectivity index (χ3v) is 5.78. The van der Waals surface area contributed by atoms with Gasteiger partial charge in [0.2, 0.25) is 0 Å². The molecule has 0 fully saturated rings. The van der Waals surface area contributed by atoms with Crippen molar-refractivity contribution in [1.29, 1.82) is 0 Å². The van der Waals surface area contributed by atoms with Gasteiger partial charge in [-0.15, -0.1) is 0 Å². The first-order valence-electron chi connectivity index (χ1n) is 10.8. The second-order valence-electron chi connectivity index (χ2n) is 7.93. The number of nitrogens with zero attached hydrogens (tertiary/aromatic N) is 2. The number of benzene rings is 2. The van der Waals surface area contributed by atoms with Crippen molar-refractivity contribution in [3.8, 4) is 0 Å². The number of aromatic nitrogens is 1. The molecular formula is C26H22N4O3. The van der Waals surface area contributed by atoms with Crippen LogP contribution in [0.5, 0.6) is 0 Å². The molecule has 2 aromatic heterocycles. The van der Waals surface area contributed by atoms with Crippen LogP contribution in [0.1, 0.15) is 50.6 Å². The van der Waals surface area contributed by atoms with Gasteiger partial charge in [0.1, 0.15) is 5.76 Å². The van der Waals surface area contributed by atoms with Crippen molar-refractivity contribution >= 4 is 34.0 Å². The Morgan fingerprint density at radius 2 is 1.85 bits per heavy atom. The van der Waals surface area contributed by atoms with E-state index < -0.39 is 0 Å². The number of hydrogen-bond donors (Lipinski definition) is 2. The van der Waals surface area contributed by atoms with Gasteiger partial charge in [0.25, 0.3) is 11.8 Å². The van der Waals surface area contributed by atoms with Crippen molar-refractivity contribution in [3.63, 3.8) is 0 Å². The maximum absolute atomic E-state index is 12.9. The van der Waals surface area contributed by atoms with Gasteiger partial charge in [0, 0.05) is 29.3 Å². The van der Waals surface area contributed by atoms with Crippen LogP contribution in [-0.2, 0) is 6.42 Å². The highest BCUT2D eigenvalue weighted by Gasteiger charge is 2.28. The molecule has 2 heterocycles. The number of amides is 2. The van der Waals surface area contributed by atoms with Crippen molar-refractivity contribution in [1.82, 2.24) is 10.4 Å². The molecule has 0 spiro atoms. The Hall–Kier alpha value is -4.26. The van der Waals surface area contributed by atoms with E-state index in [1.54, 1.807) is 30.6 Å². The molecule has 4 aromatic rings. The number of anilines is 1. The lowest BCUT2D eigenvalue weighted by atomic mass is 9.93. The van der Waals surface area contributed by atoms with E-state index in [9.17, 15) is 9.59 Å².